The number of nitrogens with zero attached hydrogens (tertiary/aromatic N) is 1. The summed E-state index contributed by atoms with van der Waals surface area (Å²) < 4.78 is 0. The van der Waals surface area contributed by atoms with Crippen molar-refractivity contribution in [3.8, 4) is 5.75 Å². The van der Waals surface area contributed by atoms with E-state index in [0.717, 1.165) is 6.07 Å². The van der Waals surface area contributed by atoms with Crippen molar-refractivity contribution in [2.45, 2.75) is 6.92 Å². The van der Waals surface area contributed by atoms with Crippen LogP contribution in [0.25, 0.3) is 0 Å². The number of carbonyl (C=O) groups is 2. The molecule has 0 heterocycles. The van der Waals surface area contributed by atoms with E-state index in [4.69, 9.17) is 5.11 Å². The van der Waals surface area contributed by atoms with Gasteiger partial charge < -0.3 is 20.4 Å². The molecule has 6 heteroatoms. The molecule has 1 aromatic carbocycles. The van der Waals surface area contributed by atoms with Crippen molar-refractivity contribution in [3.63, 3.8) is 0 Å². The molecule has 6 nitrogen and oxygen atoms in total. The fourth-order valence-electron chi connectivity index (χ4n) is 1.52. The largest absolute Gasteiger partial charge is 0.508 e. The van der Waals surface area contributed by atoms with E-state index >= 15 is 0 Å². The number of carbonyl (C=O) groups excluding carboxylic acids is 1. The van der Waals surface area contributed by atoms with E-state index < -0.39 is 12.0 Å². The number of amides is 2. The number of likely N-dealkylation sites (N-methyl/N-ethyl adjacent to an activating group) is 1. The smallest absolute Gasteiger partial charge is 0.337 e. The minimum absolute atomic E-state index is 0.137. The molecule has 102 valence electrons. The lowest BCUT2D eigenvalue weighted by atomic mass is 10.1. The zero-order valence-corrected chi connectivity index (χ0v) is 10.6. The van der Waals surface area contributed by atoms with Crippen LogP contribution in [-0.4, -0.2) is 40.2 Å². The number of phenolic OH excluding ortho intramolecular Hbond substituents is 1. The number of rotatable bonds is 5. The highest BCUT2D eigenvalue weighted by molar-refractivity contribution is 6.00. The molecule has 0 saturated carbocycles. The first-order valence-corrected chi connectivity index (χ1v) is 5.72. The van der Waals surface area contributed by atoms with Crippen LogP contribution in [0.3, 0.4) is 0 Å². The second kappa shape index (κ2) is 6.44. The van der Waals surface area contributed by atoms with Crippen LogP contribution in [0.1, 0.15) is 17.3 Å². The van der Waals surface area contributed by atoms with Gasteiger partial charge in [-0.3, -0.25) is 0 Å². The van der Waals surface area contributed by atoms with Gasteiger partial charge in [-0.15, -0.1) is 6.58 Å². The minimum atomic E-state index is -1.22. The summed E-state index contributed by atoms with van der Waals surface area (Å²) in [6, 6.07) is 3.32. The molecule has 0 radical (unpaired) electrons. The number of urea groups is 1. The van der Waals surface area contributed by atoms with E-state index in [9.17, 15) is 14.7 Å². The monoisotopic (exact) mass is 264 g/mol. The number of benzene rings is 1. The molecule has 1 rings (SSSR count). The summed E-state index contributed by atoms with van der Waals surface area (Å²) in [5, 5.41) is 20.8. The van der Waals surface area contributed by atoms with Crippen LogP contribution in [0.4, 0.5) is 10.5 Å². The Hall–Kier alpha value is -2.50. The molecule has 0 aliphatic carbocycles. The molecule has 1 aromatic rings. The number of hydrogen-bond donors (Lipinski definition) is 3. The Morgan fingerprint density at radius 2 is 2.16 bits per heavy atom. The van der Waals surface area contributed by atoms with Crippen molar-refractivity contribution in [1.29, 1.82) is 0 Å². The van der Waals surface area contributed by atoms with Gasteiger partial charge in [0.1, 0.15) is 5.75 Å². The number of carboxylic acids is 1. The first-order valence-electron chi connectivity index (χ1n) is 5.72. The zero-order chi connectivity index (χ0) is 14.4. The van der Waals surface area contributed by atoms with Gasteiger partial charge in [0.25, 0.3) is 0 Å². The Morgan fingerprint density at radius 1 is 1.47 bits per heavy atom. The Kier molecular flexibility index (Phi) is 4.93. The van der Waals surface area contributed by atoms with Gasteiger partial charge in [0, 0.05) is 13.1 Å². The van der Waals surface area contributed by atoms with Crippen molar-refractivity contribution >= 4 is 17.7 Å². The number of hydrogen-bond acceptors (Lipinski definition) is 3. The number of nitrogens with one attached hydrogen (secondary N) is 1. The van der Waals surface area contributed by atoms with Crippen molar-refractivity contribution in [1.82, 2.24) is 4.90 Å². The van der Waals surface area contributed by atoms with E-state index in [2.05, 4.69) is 11.9 Å². The Balaban J connectivity index is 2.95. The van der Waals surface area contributed by atoms with Gasteiger partial charge in [0.15, 0.2) is 0 Å². The lowest BCUT2D eigenvalue weighted by molar-refractivity contribution is 0.0697. The lowest BCUT2D eigenvalue weighted by Gasteiger charge is -2.20. The van der Waals surface area contributed by atoms with Crippen LogP contribution in [0.15, 0.2) is 30.9 Å². The van der Waals surface area contributed by atoms with E-state index in [1.165, 1.54) is 17.0 Å². The molecule has 0 aliphatic heterocycles. The highest BCUT2D eigenvalue weighted by atomic mass is 16.4. The van der Waals surface area contributed by atoms with E-state index in [1.54, 1.807) is 13.0 Å². The second-order valence-electron chi connectivity index (χ2n) is 3.79. The Labute approximate surface area is 111 Å². The maximum atomic E-state index is 11.9. The third-order valence-corrected chi connectivity index (χ3v) is 2.49. The molecule has 0 spiro atoms. The molecular formula is C13H16N2O4. The fourth-order valence-corrected chi connectivity index (χ4v) is 1.52. The normalized spacial score (nSPS) is 9.74. The van der Waals surface area contributed by atoms with Gasteiger partial charge in [-0.25, -0.2) is 9.59 Å². The number of aromatic carboxylic acids is 1. The van der Waals surface area contributed by atoms with Crippen molar-refractivity contribution in [3.05, 3.63) is 36.4 Å². The van der Waals surface area contributed by atoms with Crippen LogP contribution in [0.2, 0.25) is 0 Å². The molecular weight excluding hydrogens is 248 g/mol. The van der Waals surface area contributed by atoms with Crippen molar-refractivity contribution in [2.75, 3.05) is 18.4 Å². The maximum Gasteiger partial charge on any atom is 0.337 e. The molecule has 0 unspecified atom stereocenters. The first-order chi connectivity index (χ1) is 8.99. The van der Waals surface area contributed by atoms with Crippen LogP contribution >= 0.6 is 0 Å². The summed E-state index contributed by atoms with van der Waals surface area (Å²) in [5.41, 5.74) is -0.0270. The van der Waals surface area contributed by atoms with Gasteiger partial charge in [-0.2, -0.15) is 0 Å². The number of carboxylic acid groups (broad SMARTS) is 1. The number of phenols is 1. The number of anilines is 1. The molecule has 2 amide bonds. The molecule has 0 atom stereocenters. The van der Waals surface area contributed by atoms with Gasteiger partial charge in [0.2, 0.25) is 0 Å². The minimum Gasteiger partial charge on any atom is -0.508 e. The van der Waals surface area contributed by atoms with Crippen molar-refractivity contribution < 1.29 is 19.8 Å². The predicted octanol–water partition coefficient (Wildman–Crippen LogP) is 2.13. The van der Waals surface area contributed by atoms with Gasteiger partial charge >= 0.3 is 12.0 Å². The van der Waals surface area contributed by atoms with Gasteiger partial charge in [0.05, 0.1) is 11.3 Å². The molecule has 0 saturated heterocycles. The van der Waals surface area contributed by atoms with Crippen LogP contribution in [0.5, 0.6) is 5.75 Å². The van der Waals surface area contributed by atoms with Gasteiger partial charge in [-0.1, -0.05) is 6.08 Å². The molecule has 0 fully saturated rings. The van der Waals surface area contributed by atoms with Crippen LogP contribution in [0, 0.1) is 0 Å². The fraction of sp³-hybridized carbons (Fsp3) is 0.231. The number of aromatic hydroxyl groups is 1. The van der Waals surface area contributed by atoms with Crippen molar-refractivity contribution in [2.24, 2.45) is 0 Å². The summed E-state index contributed by atoms with van der Waals surface area (Å²) in [6.07, 6.45) is 1.58. The molecule has 0 aromatic heterocycles. The summed E-state index contributed by atoms with van der Waals surface area (Å²) in [5.74, 6) is -1.40. The zero-order valence-electron chi connectivity index (χ0n) is 10.6. The molecule has 0 aliphatic rings. The standard InChI is InChI=1S/C13H16N2O4/c1-3-7-15(4-2)13(19)14-11-6-5-9(16)8-10(11)12(17)18/h3,5-6,8,16H,1,4,7H2,2H3,(H,14,19)(H,17,18). The first kappa shape index (κ1) is 14.6. The second-order valence-corrected chi connectivity index (χ2v) is 3.79. The van der Waals surface area contributed by atoms with E-state index in [0.29, 0.717) is 13.1 Å². The Morgan fingerprint density at radius 3 is 2.68 bits per heavy atom. The molecule has 3 N–H and O–H groups in total. The van der Waals surface area contributed by atoms with Crippen LogP contribution in [-0.2, 0) is 0 Å². The lowest BCUT2D eigenvalue weighted by Crippen LogP contribution is -2.35. The van der Waals surface area contributed by atoms with E-state index in [-0.39, 0.29) is 17.0 Å². The third-order valence-electron chi connectivity index (χ3n) is 2.49. The summed E-state index contributed by atoms with van der Waals surface area (Å²) in [6.45, 7) is 6.18. The molecule has 19 heavy (non-hydrogen) atoms. The average molecular weight is 264 g/mol. The highest BCUT2D eigenvalue weighted by Gasteiger charge is 2.16. The summed E-state index contributed by atoms with van der Waals surface area (Å²) in [7, 11) is 0. The topological polar surface area (TPSA) is 89.9 Å². The summed E-state index contributed by atoms with van der Waals surface area (Å²) >= 11 is 0. The third kappa shape index (κ3) is 3.74. The van der Waals surface area contributed by atoms with Gasteiger partial charge in [-0.05, 0) is 25.1 Å². The quantitative estimate of drug-likeness (QED) is 0.561. The van der Waals surface area contributed by atoms with Crippen LogP contribution < -0.4 is 5.32 Å². The highest BCUT2D eigenvalue weighted by Crippen LogP contribution is 2.21. The summed E-state index contributed by atoms with van der Waals surface area (Å²) in [4.78, 5) is 24.4. The van der Waals surface area contributed by atoms with E-state index in [1.807, 2.05) is 0 Å². The average Bonchev–Trinajstić information content (AvgIpc) is 2.37. The molecule has 0 bridgehead atoms. The SMILES string of the molecule is C=CCN(CC)C(=O)Nc1ccc(O)cc1C(=O)O. The maximum absolute atomic E-state index is 11.9. The predicted molar refractivity (Wildman–Crippen MR) is 71.5 cm³/mol. The Bertz CT molecular complexity index is 499.